The summed E-state index contributed by atoms with van der Waals surface area (Å²) >= 11 is 0. The number of carboxylic acids is 1. The number of rotatable bonds is 5. The van der Waals surface area contributed by atoms with Crippen molar-refractivity contribution >= 4 is 16.9 Å². The molecule has 0 unspecified atom stereocenters. The van der Waals surface area contributed by atoms with Gasteiger partial charge in [-0.15, -0.1) is 0 Å². The molecular formula is C14H15NO4. The number of hydrogen-bond acceptors (Lipinski definition) is 4. The highest BCUT2D eigenvalue weighted by Crippen LogP contribution is 2.18. The zero-order valence-corrected chi connectivity index (χ0v) is 10.6. The fourth-order valence-electron chi connectivity index (χ4n) is 1.90. The lowest BCUT2D eigenvalue weighted by Gasteiger charge is -2.07. The number of aliphatic carboxylic acids is 1. The number of fused-ring (bicyclic) bond motifs is 1. The zero-order chi connectivity index (χ0) is 13.8. The zero-order valence-electron chi connectivity index (χ0n) is 10.6. The van der Waals surface area contributed by atoms with Gasteiger partial charge >= 0.3 is 11.6 Å². The van der Waals surface area contributed by atoms with Gasteiger partial charge in [-0.2, -0.15) is 0 Å². The Labute approximate surface area is 109 Å². The molecule has 1 aromatic heterocycles. The van der Waals surface area contributed by atoms with E-state index in [-0.39, 0.29) is 6.42 Å². The van der Waals surface area contributed by atoms with Crippen molar-refractivity contribution in [2.75, 3.05) is 6.54 Å². The van der Waals surface area contributed by atoms with E-state index in [4.69, 9.17) is 9.52 Å². The second-order valence-corrected chi connectivity index (χ2v) is 4.41. The van der Waals surface area contributed by atoms with E-state index in [9.17, 15) is 9.59 Å². The molecule has 0 amide bonds. The van der Waals surface area contributed by atoms with E-state index in [0.29, 0.717) is 18.7 Å². The van der Waals surface area contributed by atoms with E-state index in [1.165, 1.54) is 6.07 Å². The Hall–Kier alpha value is -2.14. The Balaban J connectivity index is 2.22. The Morgan fingerprint density at radius 2 is 2.16 bits per heavy atom. The summed E-state index contributed by atoms with van der Waals surface area (Å²) in [6, 6.07) is 7.10. The molecule has 0 fully saturated rings. The number of hydrogen-bond donors (Lipinski definition) is 2. The van der Waals surface area contributed by atoms with Gasteiger partial charge in [-0.05, 0) is 24.1 Å². The molecule has 0 saturated heterocycles. The summed E-state index contributed by atoms with van der Waals surface area (Å²) in [5, 5.41) is 12.4. The van der Waals surface area contributed by atoms with Crippen LogP contribution in [0.5, 0.6) is 0 Å². The summed E-state index contributed by atoms with van der Waals surface area (Å²) in [4.78, 5) is 21.9. The highest BCUT2D eigenvalue weighted by molar-refractivity contribution is 5.80. The molecule has 2 N–H and O–H groups in total. The van der Waals surface area contributed by atoms with Crippen molar-refractivity contribution in [1.82, 2.24) is 5.32 Å². The SMILES string of the molecule is Cc1ccc2c(CNCCC(=O)O)cc(=O)oc2c1. The van der Waals surface area contributed by atoms with Crippen molar-refractivity contribution in [2.45, 2.75) is 19.9 Å². The highest BCUT2D eigenvalue weighted by Gasteiger charge is 2.05. The Kier molecular flexibility index (Phi) is 3.97. The monoisotopic (exact) mass is 261 g/mol. The summed E-state index contributed by atoms with van der Waals surface area (Å²) in [5.41, 5.74) is 2.00. The van der Waals surface area contributed by atoms with E-state index in [0.717, 1.165) is 16.5 Å². The van der Waals surface area contributed by atoms with Crippen LogP contribution in [0.15, 0.2) is 33.5 Å². The number of nitrogens with one attached hydrogen (secondary N) is 1. The smallest absolute Gasteiger partial charge is 0.336 e. The molecular weight excluding hydrogens is 246 g/mol. The molecule has 0 bridgehead atoms. The molecule has 0 atom stereocenters. The number of carbonyl (C=O) groups is 1. The Morgan fingerprint density at radius 1 is 1.37 bits per heavy atom. The van der Waals surface area contributed by atoms with Crippen molar-refractivity contribution in [3.63, 3.8) is 0 Å². The Bertz CT molecular complexity index is 660. The number of aryl methyl sites for hydroxylation is 1. The molecule has 19 heavy (non-hydrogen) atoms. The first-order chi connectivity index (χ1) is 9.06. The summed E-state index contributed by atoms with van der Waals surface area (Å²) in [5.74, 6) is -0.847. The van der Waals surface area contributed by atoms with Gasteiger partial charge in [-0.25, -0.2) is 4.79 Å². The lowest BCUT2D eigenvalue weighted by Crippen LogP contribution is -2.18. The average molecular weight is 261 g/mol. The minimum absolute atomic E-state index is 0.0540. The Morgan fingerprint density at radius 3 is 2.89 bits per heavy atom. The van der Waals surface area contributed by atoms with Gasteiger partial charge in [0.15, 0.2) is 0 Å². The molecule has 0 aliphatic heterocycles. The molecule has 2 aromatic rings. The van der Waals surface area contributed by atoms with Crippen molar-refractivity contribution in [1.29, 1.82) is 0 Å². The molecule has 0 aliphatic rings. The van der Waals surface area contributed by atoms with Crippen LogP contribution >= 0.6 is 0 Å². The van der Waals surface area contributed by atoms with Crippen LogP contribution in [-0.2, 0) is 11.3 Å². The van der Waals surface area contributed by atoms with Gasteiger partial charge in [0.05, 0.1) is 6.42 Å². The summed E-state index contributed by atoms with van der Waals surface area (Å²) in [7, 11) is 0. The molecule has 5 nitrogen and oxygen atoms in total. The molecule has 100 valence electrons. The van der Waals surface area contributed by atoms with Crippen molar-refractivity contribution in [3.05, 3.63) is 45.8 Å². The third-order valence-electron chi connectivity index (χ3n) is 2.82. The number of benzene rings is 1. The average Bonchev–Trinajstić information content (AvgIpc) is 2.33. The third kappa shape index (κ3) is 3.42. The van der Waals surface area contributed by atoms with Crippen LogP contribution in [0, 0.1) is 6.92 Å². The third-order valence-corrected chi connectivity index (χ3v) is 2.82. The second-order valence-electron chi connectivity index (χ2n) is 4.41. The quantitative estimate of drug-likeness (QED) is 0.632. The van der Waals surface area contributed by atoms with Gasteiger partial charge in [-0.1, -0.05) is 12.1 Å². The molecule has 0 aliphatic carbocycles. The standard InChI is InChI=1S/C14H15NO4/c1-9-2-3-11-10(8-15-5-4-13(16)17)7-14(18)19-12(11)6-9/h2-3,6-7,15H,4-5,8H2,1H3,(H,16,17). The topological polar surface area (TPSA) is 79.5 Å². The second kappa shape index (κ2) is 5.67. The van der Waals surface area contributed by atoms with Gasteiger partial charge in [0.2, 0.25) is 0 Å². The fraction of sp³-hybridized carbons (Fsp3) is 0.286. The first-order valence-electron chi connectivity index (χ1n) is 6.02. The molecule has 1 heterocycles. The largest absolute Gasteiger partial charge is 0.481 e. The maximum atomic E-state index is 11.5. The minimum Gasteiger partial charge on any atom is -0.481 e. The van der Waals surface area contributed by atoms with Crippen LogP contribution in [0.2, 0.25) is 0 Å². The van der Waals surface area contributed by atoms with Gasteiger partial charge in [0.1, 0.15) is 5.58 Å². The van der Waals surface area contributed by atoms with Crippen LogP contribution in [0.3, 0.4) is 0 Å². The summed E-state index contributed by atoms with van der Waals surface area (Å²) in [6.45, 7) is 2.73. The van der Waals surface area contributed by atoms with E-state index in [2.05, 4.69) is 5.32 Å². The minimum atomic E-state index is -0.847. The van der Waals surface area contributed by atoms with Gasteiger partial charge in [0, 0.05) is 24.5 Å². The molecule has 0 radical (unpaired) electrons. The van der Waals surface area contributed by atoms with E-state index in [1.54, 1.807) is 0 Å². The van der Waals surface area contributed by atoms with Crippen LogP contribution < -0.4 is 10.9 Å². The maximum Gasteiger partial charge on any atom is 0.336 e. The molecule has 1 aromatic carbocycles. The normalized spacial score (nSPS) is 10.8. The fourth-order valence-corrected chi connectivity index (χ4v) is 1.90. The van der Waals surface area contributed by atoms with Crippen LogP contribution in [0.1, 0.15) is 17.5 Å². The van der Waals surface area contributed by atoms with Crippen LogP contribution in [0.25, 0.3) is 11.0 Å². The highest BCUT2D eigenvalue weighted by atomic mass is 16.4. The predicted octanol–water partition coefficient (Wildman–Crippen LogP) is 1.67. The molecule has 2 rings (SSSR count). The molecule has 5 heteroatoms. The summed E-state index contributed by atoms with van der Waals surface area (Å²) in [6.07, 6.45) is 0.0540. The van der Waals surface area contributed by atoms with E-state index < -0.39 is 11.6 Å². The first kappa shape index (κ1) is 13.3. The molecule has 0 spiro atoms. The van der Waals surface area contributed by atoms with Gasteiger partial charge < -0.3 is 14.8 Å². The first-order valence-corrected chi connectivity index (χ1v) is 6.02. The van der Waals surface area contributed by atoms with Crippen LogP contribution in [-0.4, -0.2) is 17.6 Å². The predicted molar refractivity (Wildman–Crippen MR) is 71.2 cm³/mol. The summed E-state index contributed by atoms with van der Waals surface area (Å²) < 4.78 is 5.15. The van der Waals surface area contributed by atoms with Crippen molar-refractivity contribution in [3.8, 4) is 0 Å². The van der Waals surface area contributed by atoms with Crippen molar-refractivity contribution in [2.24, 2.45) is 0 Å². The molecule has 0 saturated carbocycles. The van der Waals surface area contributed by atoms with Gasteiger partial charge in [0.25, 0.3) is 0 Å². The lowest BCUT2D eigenvalue weighted by atomic mass is 10.1. The van der Waals surface area contributed by atoms with Gasteiger partial charge in [-0.3, -0.25) is 4.79 Å². The lowest BCUT2D eigenvalue weighted by molar-refractivity contribution is -0.136. The van der Waals surface area contributed by atoms with E-state index >= 15 is 0 Å². The maximum absolute atomic E-state index is 11.5. The van der Waals surface area contributed by atoms with Crippen LogP contribution in [0.4, 0.5) is 0 Å². The van der Waals surface area contributed by atoms with Crippen molar-refractivity contribution < 1.29 is 14.3 Å². The number of carboxylic acid groups (broad SMARTS) is 1. The van der Waals surface area contributed by atoms with E-state index in [1.807, 2.05) is 25.1 Å².